The maximum Gasteiger partial charge on any atom is 0.220 e. The summed E-state index contributed by atoms with van der Waals surface area (Å²) in [5, 5.41) is 9.52. The molecule has 3 aromatic rings. The van der Waals surface area contributed by atoms with Crippen LogP contribution < -0.4 is 5.32 Å². The summed E-state index contributed by atoms with van der Waals surface area (Å²) in [6.07, 6.45) is 1.38. The van der Waals surface area contributed by atoms with E-state index in [-0.39, 0.29) is 5.75 Å². The number of fused-ring (bicyclic) bond motifs is 1. The highest BCUT2D eigenvalue weighted by molar-refractivity contribution is 7.88. The Bertz CT molecular complexity index is 1120. The van der Waals surface area contributed by atoms with Crippen molar-refractivity contribution in [2.75, 3.05) is 33.2 Å². The molecule has 0 bridgehead atoms. The molecular weight excluding hydrogens is 402 g/mol. The zero-order chi connectivity index (χ0) is 21.0. The van der Waals surface area contributed by atoms with Crippen molar-refractivity contribution in [1.29, 1.82) is 0 Å². The molecule has 0 atom stereocenters. The number of hydrogen-bond acceptors (Lipinski definition) is 5. The molecule has 0 aliphatic carbocycles. The summed E-state index contributed by atoms with van der Waals surface area (Å²) in [6.45, 7) is 2.64. The Morgan fingerprint density at radius 1 is 1.10 bits per heavy atom. The van der Waals surface area contributed by atoms with Gasteiger partial charge in [-0.1, -0.05) is 41.6 Å². The summed E-state index contributed by atoms with van der Waals surface area (Å²) >= 11 is 0. The Balaban J connectivity index is 1.33. The van der Waals surface area contributed by atoms with Gasteiger partial charge < -0.3 is 14.7 Å². The van der Waals surface area contributed by atoms with Crippen LogP contribution in [0.3, 0.4) is 0 Å². The molecule has 2 heterocycles. The molecule has 2 aromatic carbocycles. The largest absolute Gasteiger partial charge is 0.364 e. The van der Waals surface area contributed by atoms with Gasteiger partial charge in [-0.3, -0.25) is 4.99 Å². The van der Waals surface area contributed by atoms with Crippen LogP contribution in [0.2, 0.25) is 0 Å². The smallest absolute Gasteiger partial charge is 0.220 e. The fourth-order valence-electron chi connectivity index (χ4n) is 3.63. The summed E-state index contributed by atoms with van der Waals surface area (Å²) in [7, 11) is -1.67. The monoisotopic (exact) mass is 427 g/mol. The lowest BCUT2D eigenvalue weighted by Crippen LogP contribution is -2.53. The predicted octanol–water partition coefficient (Wildman–Crippen LogP) is 2.05. The van der Waals surface area contributed by atoms with Crippen LogP contribution in [0.1, 0.15) is 11.3 Å². The molecule has 4 rings (SSSR count). The number of nitrogens with zero attached hydrogens (tertiary/aromatic N) is 4. The highest BCUT2D eigenvalue weighted by atomic mass is 32.2. The lowest BCUT2D eigenvalue weighted by atomic mass is 10.1. The summed E-state index contributed by atoms with van der Waals surface area (Å²) in [4.78, 5) is 6.46. The Labute approximate surface area is 176 Å². The number of piperazine rings is 1. The number of nitrogens with one attached hydrogen (secondary N) is 1. The number of rotatable bonds is 5. The third kappa shape index (κ3) is 4.63. The van der Waals surface area contributed by atoms with E-state index >= 15 is 0 Å². The maximum atomic E-state index is 12.6. The second kappa shape index (κ2) is 8.85. The summed E-state index contributed by atoms with van der Waals surface area (Å²) in [5.41, 5.74) is 1.59. The quantitative estimate of drug-likeness (QED) is 0.495. The van der Waals surface area contributed by atoms with E-state index in [0.29, 0.717) is 38.4 Å². The van der Waals surface area contributed by atoms with Crippen molar-refractivity contribution >= 4 is 26.8 Å². The zero-order valence-corrected chi connectivity index (χ0v) is 17.7. The first-order valence-corrected chi connectivity index (χ1v) is 11.5. The van der Waals surface area contributed by atoms with E-state index in [4.69, 9.17) is 4.52 Å². The van der Waals surface area contributed by atoms with Crippen LogP contribution >= 0.6 is 0 Å². The second-order valence-electron chi connectivity index (χ2n) is 7.22. The van der Waals surface area contributed by atoms with Crippen molar-refractivity contribution in [3.05, 3.63) is 66.1 Å². The molecule has 0 saturated carbocycles. The molecule has 8 nitrogen and oxygen atoms in total. The highest BCUT2D eigenvalue weighted by Gasteiger charge is 2.28. The predicted molar refractivity (Wildman–Crippen MR) is 116 cm³/mol. The van der Waals surface area contributed by atoms with Gasteiger partial charge in [0.05, 0.1) is 5.69 Å². The molecule has 0 unspecified atom stereocenters. The van der Waals surface area contributed by atoms with Gasteiger partial charge in [0.25, 0.3) is 0 Å². The molecule has 0 radical (unpaired) electrons. The summed E-state index contributed by atoms with van der Waals surface area (Å²) in [6, 6.07) is 16.2. The Morgan fingerprint density at radius 3 is 2.57 bits per heavy atom. The van der Waals surface area contributed by atoms with Crippen molar-refractivity contribution < 1.29 is 12.9 Å². The fraction of sp³-hybridized carbons (Fsp3) is 0.333. The first kappa shape index (κ1) is 20.4. The first-order chi connectivity index (χ1) is 14.5. The minimum atomic E-state index is -3.41. The molecular formula is C21H25N5O3S. The molecule has 1 aliphatic heterocycles. The average molecular weight is 428 g/mol. The van der Waals surface area contributed by atoms with Gasteiger partial charge in [-0.2, -0.15) is 4.31 Å². The molecule has 158 valence electrons. The van der Waals surface area contributed by atoms with Crippen LogP contribution in [0.15, 0.2) is 64.3 Å². The van der Waals surface area contributed by atoms with Crippen molar-refractivity contribution in [1.82, 2.24) is 19.7 Å². The van der Waals surface area contributed by atoms with Crippen molar-refractivity contribution in [2.45, 2.75) is 12.3 Å². The number of aliphatic imine (C=N–C) groups is 1. The van der Waals surface area contributed by atoms with Crippen LogP contribution in [0.5, 0.6) is 0 Å². The normalized spacial score (nSPS) is 16.2. The molecule has 1 aromatic heterocycles. The zero-order valence-electron chi connectivity index (χ0n) is 16.9. The van der Waals surface area contributed by atoms with Gasteiger partial charge in [0, 0.05) is 45.8 Å². The molecule has 1 N–H and O–H groups in total. The van der Waals surface area contributed by atoms with E-state index in [1.807, 2.05) is 12.1 Å². The summed E-state index contributed by atoms with van der Waals surface area (Å²) in [5.74, 6) is 0.634. The Kier molecular flexibility index (Phi) is 6.01. The van der Waals surface area contributed by atoms with Crippen LogP contribution in [-0.2, 0) is 22.3 Å². The average Bonchev–Trinajstić information content (AvgIpc) is 3.27. The molecule has 1 saturated heterocycles. The number of guanidine groups is 1. The third-order valence-corrected chi connectivity index (χ3v) is 7.04. The van der Waals surface area contributed by atoms with E-state index in [2.05, 4.69) is 50.7 Å². The van der Waals surface area contributed by atoms with E-state index in [1.54, 1.807) is 13.1 Å². The second-order valence-corrected chi connectivity index (χ2v) is 9.18. The number of benzene rings is 2. The maximum absolute atomic E-state index is 12.6. The number of sulfonamides is 1. The third-order valence-electron chi connectivity index (χ3n) is 5.23. The van der Waals surface area contributed by atoms with E-state index in [1.165, 1.54) is 26.9 Å². The molecule has 9 heteroatoms. The van der Waals surface area contributed by atoms with E-state index in [0.717, 1.165) is 5.96 Å². The minimum absolute atomic E-state index is 0.140. The van der Waals surface area contributed by atoms with Crippen LogP contribution in [0, 0.1) is 0 Å². The number of hydrogen-bond donors (Lipinski definition) is 1. The van der Waals surface area contributed by atoms with E-state index in [9.17, 15) is 8.42 Å². The van der Waals surface area contributed by atoms with Crippen molar-refractivity contribution in [3.63, 3.8) is 0 Å². The Morgan fingerprint density at radius 2 is 1.87 bits per heavy atom. The van der Waals surface area contributed by atoms with Gasteiger partial charge in [0.2, 0.25) is 10.0 Å². The summed E-state index contributed by atoms with van der Waals surface area (Å²) < 4.78 is 31.4. The Hall–Kier alpha value is -2.91. The van der Waals surface area contributed by atoms with Gasteiger partial charge in [-0.15, -0.1) is 0 Å². The standard InChI is InChI=1S/C21H25N5O3S/c1-22-21(23-15-17-6-7-18-4-2-3-5-19(18)14-17)25-9-11-26(12-10-25)30(27,28)16-20-8-13-29-24-20/h2-8,13-14H,9-12,15-16H2,1H3,(H,22,23). The molecule has 0 amide bonds. The van der Waals surface area contributed by atoms with Gasteiger partial charge in [-0.05, 0) is 22.4 Å². The number of aromatic nitrogens is 1. The van der Waals surface area contributed by atoms with Gasteiger partial charge in [0.1, 0.15) is 12.0 Å². The van der Waals surface area contributed by atoms with Gasteiger partial charge in [-0.25, -0.2) is 8.42 Å². The van der Waals surface area contributed by atoms with Crippen LogP contribution in [0.4, 0.5) is 0 Å². The SMILES string of the molecule is CN=C(NCc1ccc2ccccc2c1)N1CCN(S(=O)(=O)Cc2ccon2)CC1. The topological polar surface area (TPSA) is 91.0 Å². The fourth-order valence-corrected chi connectivity index (χ4v) is 5.06. The van der Waals surface area contributed by atoms with Crippen molar-refractivity contribution in [2.24, 2.45) is 4.99 Å². The molecule has 30 heavy (non-hydrogen) atoms. The lowest BCUT2D eigenvalue weighted by Gasteiger charge is -2.35. The van der Waals surface area contributed by atoms with Crippen LogP contribution in [-0.4, -0.2) is 62.0 Å². The highest BCUT2D eigenvalue weighted by Crippen LogP contribution is 2.16. The van der Waals surface area contributed by atoms with Gasteiger partial charge in [0.15, 0.2) is 5.96 Å². The van der Waals surface area contributed by atoms with E-state index < -0.39 is 10.0 Å². The lowest BCUT2D eigenvalue weighted by molar-refractivity contribution is 0.259. The van der Waals surface area contributed by atoms with Crippen LogP contribution in [0.25, 0.3) is 10.8 Å². The first-order valence-electron chi connectivity index (χ1n) is 9.85. The molecule has 0 spiro atoms. The molecule has 1 fully saturated rings. The molecule has 1 aliphatic rings. The van der Waals surface area contributed by atoms with Crippen molar-refractivity contribution in [3.8, 4) is 0 Å². The minimum Gasteiger partial charge on any atom is -0.364 e. The van der Waals surface area contributed by atoms with Gasteiger partial charge >= 0.3 is 0 Å².